The second-order valence-electron chi connectivity index (χ2n) is 5.53. The Morgan fingerprint density at radius 2 is 1.67 bits per heavy atom. The molecule has 0 saturated heterocycles. The minimum atomic E-state index is -0.391. The van der Waals surface area contributed by atoms with Gasteiger partial charge in [0.05, 0.1) is 26.2 Å². The molecule has 1 aromatic heterocycles. The number of amides is 2. The fourth-order valence-electron chi connectivity index (χ4n) is 2.42. The lowest BCUT2D eigenvalue weighted by atomic mass is 10.2. The molecule has 3 aromatic rings. The predicted octanol–water partition coefficient (Wildman–Crippen LogP) is 3.80. The summed E-state index contributed by atoms with van der Waals surface area (Å²) in [6, 6.07) is 14.8. The van der Waals surface area contributed by atoms with Crippen LogP contribution in [0.3, 0.4) is 0 Å². The van der Waals surface area contributed by atoms with Crippen molar-refractivity contribution in [1.82, 2.24) is 0 Å². The molecule has 2 amide bonds. The number of furan rings is 1. The average molecular weight is 366 g/mol. The van der Waals surface area contributed by atoms with Crippen LogP contribution in [0, 0.1) is 0 Å². The van der Waals surface area contributed by atoms with E-state index in [1.54, 1.807) is 61.7 Å². The molecule has 27 heavy (non-hydrogen) atoms. The van der Waals surface area contributed by atoms with Gasteiger partial charge in [-0.1, -0.05) is 0 Å². The Kier molecular flexibility index (Phi) is 5.41. The smallest absolute Gasteiger partial charge is 0.291 e. The van der Waals surface area contributed by atoms with Gasteiger partial charge in [-0.3, -0.25) is 9.59 Å². The van der Waals surface area contributed by atoms with Crippen LogP contribution in [-0.4, -0.2) is 26.0 Å². The van der Waals surface area contributed by atoms with Gasteiger partial charge in [-0.25, -0.2) is 0 Å². The Bertz CT molecular complexity index is 934. The molecule has 7 nitrogen and oxygen atoms in total. The number of ether oxygens (including phenoxy) is 2. The monoisotopic (exact) mass is 366 g/mol. The molecule has 138 valence electrons. The third kappa shape index (κ3) is 4.27. The lowest BCUT2D eigenvalue weighted by Crippen LogP contribution is -2.14. The molecule has 7 heteroatoms. The Balaban J connectivity index is 1.78. The highest BCUT2D eigenvalue weighted by Gasteiger charge is 2.13. The lowest BCUT2D eigenvalue weighted by molar-refractivity contribution is 0.0995. The Hall–Kier alpha value is -3.74. The van der Waals surface area contributed by atoms with Gasteiger partial charge in [0, 0.05) is 11.3 Å². The van der Waals surface area contributed by atoms with E-state index >= 15 is 0 Å². The van der Waals surface area contributed by atoms with Crippen molar-refractivity contribution in [2.24, 2.45) is 0 Å². The largest absolute Gasteiger partial charge is 0.497 e. The standard InChI is InChI=1S/C20H18N2O5/c1-25-15-8-5-13(6-9-15)19(23)22-16-12-14(7-10-17(16)26-2)21-20(24)18-4-3-11-27-18/h3-12H,1-2H3,(H,21,24)(H,22,23). The summed E-state index contributed by atoms with van der Waals surface area (Å²) in [5, 5.41) is 5.49. The Morgan fingerprint density at radius 1 is 0.889 bits per heavy atom. The van der Waals surface area contributed by atoms with Crippen LogP contribution in [0.5, 0.6) is 11.5 Å². The summed E-state index contributed by atoms with van der Waals surface area (Å²) in [5.41, 5.74) is 1.38. The maximum Gasteiger partial charge on any atom is 0.291 e. The fourth-order valence-corrected chi connectivity index (χ4v) is 2.42. The number of hydrogen-bond donors (Lipinski definition) is 2. The molecule has 0 unspecified atom stereocenters. The molecule has 0 saturated carbocycles. The average Bonchev–Trinajstić information content (AvgIpc) is 3.23. The highest BCUT2D eigenvalue weighted by Crippen LogP contribution is 2.28. The number of anilines is 2. The van der Waals surface area contributed by atoms with Crippen LogP contribution in [0.25, 0.3) is 0 Å². The van der Waals surface area contributed by atoms with Crippen molar-refractivity contribution in [3.8, 4) is 11.5 Å². The van der Waals surface area contributed by atoms with Gasteiger partial charge in [-0.2, -0.15) is 0 Å². The van der Waals surface area contributed by atoms with Crippen LogP contribution in [0.4, 0.5) is 11.4 Å². The number of benzene rings is 2. The molecule has 0 aliphatic carbocycles. The van der Waals surface area contributed by atoms with Crippen LogP contribution in [0.15, 0.2) is 65.3 Å². The van der Waals surface area contributed by atoms with Gasteiger partial charge < -0.3 is 24.5 Å². The minimum absolute atomic E-state index is 0.189. The highest BCUT2D eigenvalue weighted by atomic mass is 16.5. The molecule has 0 fully saturated rings. The van der Waals surface area contributed by atoms with Gasteiger partial charge in [0.2, 0.25) is 0 Å². The van der Waals surface area contributed by atoms with E-state index in [9.17, 15) is 9.59 Å². The zero-order valence-corrected chi connectivity index (χ0v) is 14.8. The number of nitrogens with one attached hydrogen (secondary N) is 2. The lowest BCUT2D eigenvalue weighted by Gasteiger charge is -2.13. The molecule has 0 atom stereocenters. The maximum absolute atomic E-state index is 12.5. The highest BCUT2D eigenvalue weighted by molar-refractivity contribution is 6.06. The van der Waals surface area contributed by atoms with E-state index in [2.05, 4.69) is 10.6 Å². The summed E-state index contributed by atoms with van der Waals surface area (Å²) >= 11 is 0. The van der Waals surface area contributed by atoms with Gasteiger partial charge in [0.15, 0.2) is 5.76 Å². The normalized spacial score (nSPS) is 10.1. The molecule has 0 radical (unpaired) electrons. The number of rotatable bonds is 6. The van der Waals surface area contributed by atoms with Crippen molar-refractivity contribution in [3.63, 3.8) is 0 Å². The van der Waals surface area contributed by atoms with Crippen molar-refractivity contribution < 1.29 is 23.5 Å². The van der Waals surface area contributed by atoms with Crippen LogP contribution in [0.2, 0.25) is 0 Å². The van der Waals surface area contributed by atoms with E-state index in [1.807, 2.05) is 0 Å². The zero-order chi connectivity index (χ0) is 19.2. The topological polar surface area (TPSA) is 89.8 Å². The molecular formula is C20H18N2O5. The van der Waals surface area contributed by atoms with Crippen LogP contribution >= 0.6 is 0 Å². The van der Waals surface area contributed by atoms with Gasteiger partial charge in [0.1, 0.15) is 11.5 Å². The van der Waals surface area contributed by atoms with E-state index in [0.717, 1.165) is 0 Å². The SMILES string of the molecule is COc1ccc(C(=O)Nc2cc(NC(=O)c3ccco3)ccc2OC)cc1. The third-order valence-electron chi connectivity index (χ3n) is 3.80. The second-order valence-corrected chi connectivity index (χ2v) is 5.53. The van der Waals surface area contributed by atoms with Crippen LogP contribution in [0.1, 0.15) is 20.9 Å². The third-order valence-corrected chi connectivity index (χ3v) is 3.80. The van der Waals surface area contributed by atoms with Crippen LogP contribution < -0.4 is 20.1 Å². The van der Waals surface area contributed by atoms with E-state index < -0.39 is 5.91 Å². The van der Waals surface area contributed by atoms with Crippen molar-refractivity contribution in [2.75, 3.05) is 24.9 Å². The van der Waals surface area contributed by atoms with Gasteiger partial charge in [-0.05, 0) is 54.6 Å². The maximum atomic E-state index is 12.5. The summed E-state index contributed by atoms with van der Waals surface area (Å²) in [7, 11) is 3.06. The van der Waals surface area contributed by atoms with Crippen LogP contribution in [-0.2, 0) is 0 Å². The predicted molar refractivity (Wildman–Crippen MR) is 101 cm³/mol. The summed E-state index contributed by atoms with van der Waals surface area (Å²) < 4.78 is 15.4. The number of methoxy groups -OCH3 is 2. The van der Waals surface area contributed by atoms with Gasteiger partial charge in [-0.15, -0.1) is 0 Å². The molecule has 2 aromatic carbocycles. The first-order valence-corrected chi connectivity index (χ1v) is 8.09. The molecular weight excluding hydrogens is 348 g/mol. The van der Waals surface area contributed by atoms with Crippen molar-refractivity contribution >= 4 is 23.2 Å². The fraction of sp³-hybridized carbons (Fsp3) is 0.100. The zero-order valence-electron chi connectivity index (χ0n) is 14.8. The van der Waals surface area contributed by atoms with Gasteiger partial charge in [0.25, 0.3) is 11.8 Å². The van der Waals surface area contributed by atoms with E-state index in [4.69, 9.17) is 13.9 Å². The van der Waals surface area contributed by atoms with E-state index in [1.165, 1.54) is 13.4 Å². The Morgan fingerprint density at radius 3 is 2.30 bits per heavy atom. The molecule has 3 rings (SSSR count). The first kappa shape index (κ1) is 18.1. The van der Waals surface area contributed by atoms with Crippen molar-refractivity contribution in [1.29, 1.82) is 0 Å². The number of hydrogen-bond acceptors (Lipinski definition) is 5. The first-order valence-electron chi connectivity index (χ1n) is 8.09. The second kappa shape index (κ2) is 8.09. The summed E-state index contributed by atoms with van der Waals surface area (Å²) in [6.07, 6.45) is 1.42. The number of carbonyl (C=O) groups is 2. The number of carbonyl (C=O) groups excluding carboxylic acids is 2. The minimum Gasteiger partial charge on any atom is -0.497 e. The first-order chi connectivity index (χ1) is 13.1. The quantitative estimate of drug-likeness (QED) is 0.692. The molecule has 0 aliphatic heterocycles. The van der Waals surface area contributed by atoms with Gasteiger partial charge >= 0.3 is 0 Å². The summed E-state index contributed by atoms with van der Waals surface area (Å²) in [6.45, 7) is 0. The van der Waals surface area contributed by atoms with E-state index in [-0.39, 0.29) is 11.7 Å². The van der Waals surface area contributed by atoms with Crippen molar-refractivity contribution in [3.05, 3.63) is 72.2 Å². The summed E-state index contributed by atoms with van der Waals surface area (Å²) in [4.78, 5) is 24.6. The van der Waals surface area contributed by atoms with Crippen molar-refractivity contribution in [2.45, 2.75) is 0 Å². The Labute approximate surface area is 155 Å². The molecule has 1 heterocycles. The molecule has 0 bridgehead atoms. The molecule has 2 N–H and O–H groups in total. The van der Waals surface area contributed by atoms with E-state index in [0.29, 0.717) is 28.4 Å². The molecule has 0 spiro atoms. The molecule has 0 aliphatic rings. The summed E-state index contributed by atoms with van der Waals surface area (Å²) in [5.74, 6) is 0.609.